The molecule has 6 nitrogen and oxygen atoms in total. The standard InChI is InChI=1S/C23H28N2O4/c1-3-15(2)21(23(29)25-12-6-9-19(25)20(27)14-26)24-22(28)18-11-10-16-7-4-5-8-17(16)13-18/h4-5,7-8,10-11,13,15,19,21,26H,3,6,9,12,14H2,1-2H3,(H,24,28). The summed E-state index contributed by atoms with van der Waals surface area (Å²) in [5.41, 5.74) is 0.495. The third kappa shape index (κ3) is 4.48. The van der Waals surface area contributed by atoms with Crippen LogP contribution in [0.2, 0.25) is 0 Å². The first-order valence-corrected chi connectivity index (χ1v) is 10.2. The van der Waals surface area contributed by atoms with Gasteiger partial charge in [0.05, 0.1) is 6.04 Å². The quantitative estimate of drug-likeness (QED) is 0.753. The molecule has 2 amide bonds. The molecule has 3 unspecified atom stereocenters. The van der Waals surface area contributed by atoms with Crippen LogP contribution in [0, 0.1) is 5.92 Å². The monoisotopic (exact) mass is 396 g/mol. The maximum absolute atomic E-state index is 13.2. The number of benzene rings is 2. The Bertz CT molecular complexity index is 911. The minimum atomic E-state index is -0.717. The van der Waals surface area contributed by atoms with Gasteiger partial charge in [-0.15, -0.1) is 0 Å². The van der Waals surface area contributed by atoms with E-state index in [2.05, 4.69) is 5.32 Å². The Morgan fingerprint density at radius 3 is 2.59 bits per heavy atom. The van der Waals surface area contributed by atoms with Gasteiger partial charge in [-0.25, -0.2) is 0 Å². The summed E-state index contributed by atoms with van der Waals surface area (Å²) >= 11 is 0. The van der Waals surface area contributed by atoms with E-state index < -0.39 is 18.7 Å². The Morgan fingerprint density at radius 1 is 1.17 bits per heavy atom. The predicted octanol–water partition coefficient (Wildman–Crippen LogP) is 2.54. The Kier molecular flexibility index (Phi) is 6.64. The van der Waals surface area contributed by atoms with Crippen LogP contribution in [-0.2, 0) is 9.59 Å². The van der Waals surface area contributed by atoms with Gasteiger partial charge in [-0.1, -0.05) is 50.6 Å². The molecule has 1 saturated heterocycles. The number of nitrogens with one attached hydrogen (secondary N) is 1. The van der Waals surface area contributed by atoms with E-state index in [1.54, 1.807) is 6.07 Å². The lowest BCUT2D eigenvalue weighted by Crippen LogP contribution is -2.54. The topological polar surface area (TPSA) is 86.7 Å². The van der Waals surface area contributed by atoms with Crippen molar-refractivity contribution < 1.29 is 19.5 Å². The van der Waals surface area contributed by atoms with Gasteiger partial charge in [0.2, 0.25) is 5.91 Å². The highest BCUT2D eigenvalue weighted by molar-refractivity contribution is 6.01. The first kappa shape index (κ1) is 21.0. The molecule has 29 heavy (non-hydrogen) atoms. The number of aliphatic hydroxyl groups is 1. The highest BCUT2D eigenvalue weighted by atomic mass is 16.3. The lowest BCUT2D eigenvalue weighted by atomic mass is 9.96. The second-order valence-electron chi connectivity index (χ2n) is 7.71. The first-order chi connectivity index (χ1) is 14.0. The summed E-state index contributed by atoms with van der Waals surface area (Å²) in [6.07, 6.45) is 1.98. The number of fused-ring (bicyclic) bond motifs is 1. The van der Waals surface area contributed by atoms with E-state index in [1.165, 1.54) is 4.90 Å². The van der Waals surface area contributed by atoms with Crippen molar-refractivity contribution in [3.63, 3.8) is 0 Å². The Morgan fingerprint density at radius 2 is 1.90 bits per heavy atom. The molecule has 0 aromatic heterocycles. The number of aliphatic hydroxyl groups excluding tert-OH is 1. The van der Waals surface area contributed by atoms with Crippen molar-refractivity contribution >= 4 is 28.4 Å². The van der Waals surface area contributed by atoms with Crippen molar-refractivity contribution in [3.8, 4) is 0 Å². The molecule has 0 radical (unpaired) electrons. The molecular weight excluding hydrogens is 368 g/mol. The molecule has 3 rings (SSSR count). The summed E-state index contributed by atoms with van der Waals surface area (Å²) in [7, 11) is 0. The van der Waals surface area contributed by atoms with Crippen molar-refractivity contribution in [1.29, 1.82) is 0 Å². The van der Waals surface area contributed by atoms with E-state index >= 15 is 0 Å². The van der Waals surface area contributed by atoms with Gasteiger partial charge in [0.25, 0.3) is 5.91 Å². The van der Waals surface area contributed by atoms with Gasteiger partial charge in [0.1, 0.15) is 12.6 Å². The van der Waals surface area contributed by atoms with Crippen LogP contribution in [-0.4, -0.2) is 52.8 Å². The molecule has 6 heteroatoms. The zero-order chi connectivity index (χ0) is 21.0. The summed E-state index contributed by atoms with van der Waals surface area (Å²) in [4.78, 5) is 39.7. The fourth-order valence-corrected chi connectivity index (χ4v) is 3.89. The van der Waals surface area contributed by atoms with Crippen LogP contribution in [0.1, 0.15) is 43.5 Å². The van der Waals surface area contributed by atoms with Crippen LogP contribution < -0.4 is 5.32 Å². The third-order valence-corrected chi connectivity index (χ3v) is 5.84. The lowest BCUT2D eigenvalue weighted by Gasteiger charge is -2.31. The Balaban J connectivity index is 1.81. The number of hydrogen-bond donors (Lipinski definition) is 2. The molecule has 154 valence electrons. The molecular formula is C23H28N2O4. The fourth-order valence-electron chi connectivity index (χ4n) is 3.89. The summed E-state index contributed by atoms with van der Waals surface area (Å²) in [5, 5.41) is 14.1. The maximum Gasteiger partial charge on any atom is 0.251 e. The molecule has 0 bridgehead atoms. The van der Waals surface area contributed by atoms with Crippen molar-refractivity contribution in [3.05, 3.63) is 48.0 Å². The van der Waals surface area contributed by atoms with Crippen LogP contribution in [0.5, 0.6) is 0 Å². The van der Waals surface area contributed by atoms with Gasteiger partial charge in [-0.3, -0.25) is 14.4 Å². The zero-order valence-electron chi connectivity index (χ0n) is 16.9. The van der Waals surface area contributed by atoms with E-state index in [1.807, 2.05) is 50.2 Å². The highest BCUT2D eigenvalue weighted by Crippen LogP contribution is 2.22. The second-order valence-corrected chi connectivity index (χ2v) is 7.71. The average Bonchev–Trinajstić information content (AvgIpc) is 3.25. The lowest BCUT2D eigenvalue weighted by molar-refractivity contribution is -0.140. The number of hydrogen-bond acceptors (Lipinski definition) is 4. The SMILES string of the molecule is CCC(C)C(NC(=O)c1ccc2ccccc2c1)C(=O)N1CCCC1C(=O)CO. The fraction of sp³-hybridized carbons (Fsp3) is 0.435. The summed E-state index contributed by atoms with van der Waals surface area (Å²) in [5.74, 6) is -0.992. The molecule has 0 saturated carbocycles. The van der Waals surface area contributed by atoms with E-state index in [9.17, 15) is 19.5 Å². The van der Waals surface area contributed by atoms with Crippen LogP contribution in [0.4, 0.5) is 0 Å². The minimum absolute atomic E-state index is 0.0858. The molecule has 0 aliphatic carbocycles. The van der Waals surface area contributed by atoms with Gasteiger partial charge in [0, 0.05) is 12.1 Å². The van der Waals surface area contributed by atoms with E-state index in [-0.39, 0.29) is 23.5 Å². The van der Waals surface area contributed by atoms with Gasteiger partial charge < -0.3 is 15.3 Å². The maximum atomic E-state index is 13.2. The third-order valence-electron chi connectivity index (χ3n) is 5.84. The summed E-state index contributed by atoms with van der Waals surface area (Å²) in [6.45, 7) is 3.77. The zero-order valence-corrected chi connectivity index (χ0v) is 16.9. The molecule has 1 heterocycles. The van der Waals surface area contributed by atoms with Crippen LogP contribution >= 0.6 is 0 Å². The highest BCUT2D eigenvalue weighted by Gasteiger charge is 2.38. The number of carbonyl (C=O) groups excluding carboxylic acids is 3. The molecule has 2 N–H and O–H groups in total. The van der Waals surface area contributed by atoms with Crippen molar-refractivity contribution in [1.82, 2.24) is 10.2 Å². The van der Waals surface area contributed by atoms with Crippen molar-refractivity contribution in [2.45, 2.75) is 45.2 Å². The number of likely N-dealkylation sites (tertiary alicyclic amines) is 1. The van der Waals surface area contributed by atoms with E-state index in [4.69, 9.17) is 0 Å². The molecule has 1 aliphatic heterocycles. The minimum Gasteiger partial charge on any atom is -0.389 e. The molecule has 2 aromatic rings. The number of carbonyl (C=O) groups is 3. The average molecular weight is 396 g/mol. The van der Waals surface area contributed by atoms with Gasteiger partial charge >= 0.3 is 0 Å². The summed E-state index contributed by atoms with van der Waals surface area (Å²) < 4.78 is 0. The smallest absolute Gasteiger partial charge is 0.251 e. The Labute approximate surface area is 170 Å². The number of ketones is 1. The molecule has 1 aliphatic rings. The normalized spacial score (nSPS) is 18.4. The van der Waals surface area contributed by atoms with E-state index in [0.29, 0.717) is 31.4 Å². The first-order valence-electron chi connectivity index (χ1n) is 10.2. The number of nitrogens with zero attached hydrogens (tertiary/aromatic N) is 1. The van der Waals surface area contributed by atoms with Crippen LogP contribution in [0.3, 0.4) is 0 Å². The number of rotatable bonds is 7. The van der Waals surface area contributed by atoms with Crippen LogP contribution in [0.15, 0.2) is 42.5 Å². The van der Waals surface area contributed by atoms with Crippen LogP contribution in [0.25, 0.3) is 10.8 Å². The van der Waals surface area contributed by atoms with Crippen molar-refractivity contribution in [2.75, 3.05) is 13.2 Å². The molecule has 0 spiro atoms. The Hall–Kier alpha value is -2.73. The van der Waals surface area contributed by atoms with Gasteiger partial charge in [-0.2, -0.15) is 0 Å². The summed E-state index contributed by atoms with van der Waals surface area (Å²) in [6, 6.07) is 11.9. The predicted molar refractivity (Wildman–Crippen MR) is 111 cm³/mol. The second kappa shape index (κ2) is 9.18. The van der Waals surface area contributed by atoms with Crippen molar-refractivity contribution in [2.24, 2.45) is 5.92 Å². The largest absolute Gasteiger partial charge is 0.389 e. The number of amides is 2. The van der Waals surface area contributed by atoms with E-state index in [0.717, 1.165) is 10.8 Å². The molecule has 1 fully saturated rings. The molecule has 3 atom stereocenters. The van der Waals surface area contributed by atoms with Gasteiger partial charge in [-0.05, 0) is 41.7 Å². The molecule has 2 aromatic carbocycles. The van der Waals surface area contributed by atoms with Gasteiger partial charge in [0.15, 0.2) is 5.78 Å². The number of Topliss-reactive ketones (excluding diaryl/α,β-unsaturated/α-hetero) is 1.